The van der Waals surface area contributed by atoms with Gasteiger partial charge in [-0.25, -0.2) is 0 Å². The molecule has 6 aromatic carbocycles. The normalized spacial score (nSPS) is 19.2. The van der Waals surface area contributed by atoms with E-state index < -0.39 is 0 Å². The molecule has 0 N–H and O–H groups in total. The van der Waals surface area contributed by atoms with Crippen molar-refractivity contribution in [2.75, 3.05) is 0 Å². The van der Waals surface area contributed by atoms with Gasteiger partial charge < -0.3 is 8.98 Å². The highest BCUT2D eigenvalue weighted by Gasteiger charge is 2.41. The fourth-order valence-electron chi connectivity index (χ4n) is 10.2. The number of furan rings is 1. The molecule has 0 bridgehead atoms. The fraction of sp³-hybridized carbons (Fsp3) is 0.102. The van der Waals surface area contributed by atoms with Gasteiger partial charge in [-0.1, -0.05) is 123 Å². The summed E-state index contributed by atoms with van der Waals surface area (Å²) >= 11 is 0. The Labute approximate surface area is 296 Å². The van der Waals surface area contributed by atoms with E-state index in [9.17, 15) is 0 Å². The molecule has 0 aliphatic heterocycles. The molecule has 0 saturated carbocycles. The van der Waals surface area contributed by atoms with Crippen LogP contribution in [0.3, 0.4) is 0 Å². The summed E-state index contributed by atoms with van der Waals surface area (Å²) in [5, 5.41) is 5.00. The molecule has 240 valence electrons. The first-order chi connectivity index (χ1) is 25.1. The maximum atomic E-state index is 6.36. The van der Waals surface area contributed by atoms with Crippen molar-refractivity contribution in [1.82, 2.24) is 4.57 Å². The maximum absolute atomic E-state index is 6.36. The Balaban J connectivity index is 1.01. The zero-order valence-electron chi connectivity index (χ0n) is 28.4. The number of allylic oxidation sites excluding steroid dienone is 8. The molecule has 2 aromatic heterocycles. The summed E-state index contributed by atoms with van der Waals surface area (Å²) in [6.45, 7) is 4.76. The Morgan fingerprint density at radius 1 is 0.569 bits per heavy atom. The molecule has 0 saturated heterocycles. The number of fused-ring (bicyclic) bond motifs is 13. The van der Waals surface area contributed by atoms with Gasteiger partial charge >= 0.3 is 0 Å². The van der Waals surface area contributed by atoms with Crippen LogP contribution in [-0.4, -0.2) is 4.57 Å². The lowest BCUT2D eigenvalue weighted by atomic mass is 9.72. The third-order valence-corrected chi connectivity index (χ3v) is 12.4. The minimum atomic E-state index is -0.198. The van der Waals surface area contributed by atoms with E-state index in [1.807, 2.05) is 0 Å². The predicted octanol–water partition coefficient (Wildman–Crippen LogP) is 12.7. The van der Waals surface area contributed by atoms with Gasteiger partial charge in [0.1, 0.15) is 11.2 Å². The van der Waals surface area contributed by atoms with E-state index >= 15 is 0 Å². The van der Waals surface area contributed by atoms with E-state index in [0.29, 0.717) is 11.8 Å². The lowest BCUT2D eigenvalue weighted by Crippen LogP contribution is -2.18. The van der Waals surface area contributed by atoms with Crippen LogP contribution in [0.1, 0.15) is 41.7 Å². The summed E-state index contributed by atoms with van der Waals surface area (Å²) in [5.41, 5.74) is 19.1. The first-order valence-electron chi connectivity index (χ1n) is 18.1. The molecule has 2 heterocycles. The van der Waals surface area contributed by atoms with Crippen molar-refractivity contribution in [2.24, 2.45) is 11.8 Å². The number of hydrogen-bond donors (Lipinski definition) is 0. The first-order valence-corrected chi connectivity index (χ1v) is 18.1. The van der Waals surface area contributed by atoms with E-state index in [2.05, 4.69) is 170 Å². The van der Waals surface area contributed by atoms with Gasteiger partial charge in [0.05, 0.1) is 11.0 Å². The number of benzene rings is 6. The van der Waals surface area contributed by atoms with Crippen LogP contribution in [0.5, 0.6) is 0 Å². The van der Waals surface area contributed by atoms with Crippen LogP contribution in [0, 0.1) is 11.8 Å². The van der Waals surface area contributed by atoms with Crippen molar-refractivity contribution in [3.63, 3.8) is 0 Å². The van der Waals surface area contributed by atoms with Gasteiger partial charge in [-0.05, 0) is 98.1 Å². The van der Waals surface area contributed by atoms with Crippen molar-refractivity contribution in [3.8, 4) is 16.8 Å². The monoisotopic (exact) mass is 651 g/mol. The molecule has 2 nitrogen and oxygen atoms in total. The molecule has 4 aliphatic carbocycles. The standard InChI is InChI=1S/C49H33NO/c1-49(2)41-27-43-40(26-39(41)37-24-25-45-47(48(37)49)38-13-6-8-17-44(38)51-45)33-12-5-7-16-42(33)50(43)29-20-18-28(19-21-29)30-22-23-36-32-11-4-3-10-31(32)35-15-9-14-34(30)46(35)36/h3-27,34,46H,1-2H3. The van der Waals surface area contributed by atoms with Crippen LogP contribution in [0.25, 0.3) is 77.3 Å². The van der Waals surface area contributed by atoms with Gasteiger partial charge in [-0.2, -0.15) is 0 Å². The largest absolute Gasteiger partial charge is 0.456 e. The number of para-hydroxylation sites is 2. The first kappa shape index (κ1) is 27.7. The van der Waals surface area contributed by atoms with Crippen LogP contribution in [-0.2, 0) is 5.41 Å². The molecule has 0 radical (unpaired) electrons. The summed E-state index contributed by atoms with van der Waals surface area (Å²) in [7, 11) is 0. The van der Waals surface area contributed by atoms with E-state index in [4.69, 9.17) is 4.42 Å². The molecule has 8 aromatic rings. The van der Waals surface area contributed by atoms with Gasteiger partial charge in [-0.15, -0.1) is 0 Å². The molecular formula is C49H33NO. The van der Waals surface area contributed by atoms with E-state index in [0.717, 1.165) is 11.2 Å². The zero-order valence-corrected chi connectivity index (χ0v) is 28.4. The van der Waals surface area contributed by atoms with E-state index in [1.165, 1.54) is 93.9 Å². The summed E-state index contributed by atoms with van der Waals surface area (Å²) in [4.78, 5) is 0. The lowest BCUT2D eigenvalue weighted by Gasteiger charge is -2.31. The predicted molar refractivity (Wildman–Crippen MR) is 212 cm³/mol. The lowest BCUT2D eigenvalue weighted by molar-refractivity contribution is 0.657. The minimum absolute atomic E-state index is 0.198. The van der Waals surface area contributed by atoms with Gasteiger partial charge in [0, 0.05) is 44.5 Å². The topological polar surface area (TPSA) is 18.1 Å². The van der Waals surface area contributed by atoms with Crippen molar-refractivity contribution < 1.29 is 4.42 Å². The number of rotatable bonds is 2. The second-order valence-corrected chi connectivity index (χ2v) is 15.2. The Bertz CT molecular complexity index is 2990. The average molecular weight is 652 g/mol. The Hall–Kier alpha value is -6.12. The third kappa shape index (κ3) is 3.47. The Morgan fingerprint density at radius 3 is 2.14 bits per heavy atom. The smallest absolute Gasteiger partial charge is 0.135 e. The summed E-state index contributed by atoms with van der Waals surface area (Å²) in [5.74, 6) is 0.724. The third-order valence-electron chi connectivity index (χ3n) is 12.4. The molecule has 12 rings (SSSR count). The zero-order chi connectivity index (χ0) is 33.6. The van der Waals surface area contributed by atoms with E-state index in [1.54, 1.807) is 0 Å². The second kappa shape index (κ2) is 9.56. The molecule has 2 heteroatoms. The highest BCUT2D eigenvalue weighted by atomic mass is 16.3. The summed E-state index contributed by atoms with van der Waals surface area (Å²) in [6, 6.07) is 44.9. The summed E-state index contributed by atoms with van der Waals surface area (Å²) < 4.78 is 8.83. The Kier molecular flexibility index (Phi) is 5.19. The van der Waals surface area contributed by atoms with Gasteiger partial charge in [-0.3, -0.25) is 0 Å². The molecule has 0 spiro atoms. The minimum Gasteiger partial charge on any atom is -0.456 e. The summed E-state index contributed by atoms with van der Waals surface area (Å²) in [6.07, 6.45) is 11.7. The SMILES string of the molecule is CC1(C)c2cc3c(cc2-c2ccc4oc5ccccc5c4c21)c1ccccc1n3-c1ccc(C2=CC=C3c4ccccc4C4=CC=CC2C43)cc1. The van der Waals surface area contributed by atoms with Crippen molar-refractivity contribution in [2.45, 2.75) is 19.3 Å². The van der Waals surface area contributed by atoms with Crippen molar-refractivity contribution in [3.05, 3.63) is 180 Å². The van der Waals surface area contributed by atoms with Crippen molar-refractivity contribution >= 4 is 60.5 Å². The van der Waals surface area contributed by atoms with Crippen LogP contribution < -0.4 is 0 Å². The highest BCUT2D eigenvalue weighted by Crippen LogP contribution is 2.57. The van der Waals surface area contributed by atoms with E-state index in [-0.39, 0.29) is 5.41 Å². The molecular weight excluding hydrogens is 619 g/mol. The van der Waals surface area contributed by atoms with Gasteiger partial charge in [0.2, 0.25) is 0 Å². The number of aromatic nitrogens is 1. The fourth-order valence-corrected chi connectivity index (χ4v) is 10.2. The van der Waals surface area contributed by atoms with Crippen LogP contribution in [0.4, 0.5) is 0 Å². The maximum Gasteiger partial charge on any atom is 0.135 e. The highest BCUT2D eigenvalue weighted by molar-refractivity contribution is 6.15. The number of nitrogens with zero attached hydrogens (tertiary/aromatic N) is 1. The molecule has 4 aliphatic rings. The average Bonchev–Trinajstić information content (AvgIpc) is 3.87. The van der Waals surface area contributed by atoms with Gasteiger partial charge in [0.25, 0.3) is 0 Å². The van der Waals surface area contributed by atoms with Crippen LogP contribution in [0.2, 0.25) is 0 Å². The van der Waals surface area contributed by atoms with Crippen LogP contribution in [0.15, 0.2) is 156 Å². The molecule has 2 unspecified atom stereocenters. The molecule has 2 atom stereocenters. The Morgan fingerprint density at radius 2 is 1.29 bits per heavy atom. The second-order valence-electron chi connectivity index (χ2n) is 15.2. The molecule has 51 heavy (non-hydrogen) atoms. The number of hydrogen-bond acceptors (Lipinski definition) is 1. The van der Waals surface area contributed by atoms with Crippen LogP contribution >= 0.6 is 0 Å². The van der Waals surface area contributed by atoms with Gasteiger partial charge in [0.15, 0.2) is 0 Å². The van der Waals surface area contributed by atoms with Crippen molar-refractivity contribution in [1.29, 1.82) is 0 Å². The molecule has 0 amide bonds. The quantitative estimate of drug-likeness (QED) is 0.182. The molecule has 0 fully saturated rings.